The maximum Gasteiger partial charge on any atom is 0.214 e. The van der Waals surface area contributed by atoms with Crippen LogP contribution in [-0.4, -0.2) is 4.98 Å². The molecule has 0 atom stereocenters. The Hall–Kier alpha value is -1.68. The number of nitrogens with zero attached hydrogens (tertiary/aromatic N) is 1. The standard InChI is InChI=1S/C11H7ClF2N2/c12-8-5-4-7(13)6-9(8)15-11-3-1-2-10(14)16-11/h1-6H,(H,15,16). The number of pyridine rings is 1. The molecule has 0 spiro atoms. The van der Waals surface area contributed by atoms with E-state index < -0.39 is 11.8 Å². The van der Waals surface area contributed by atoms with Gasteiger partial charge in [0.05, 0.1) is 10.7 Å². The molecule has 0 fully saturated rings. The summed E-state index contributed by atoms with van der Waals surface area (Å²) in [7, 11) is 0. The molecule has 16 heavy (non-hydrogen) atoms. The summed E-state index contributed by atoms with van der Waals surface area (Å²) in [5, 5.41) is 3.07. The number of rotatable bonds is 2. The van der Waals surface area contributed by atoms with Crippen LogP contribution >= 0.6 is 11.6 Å². The van der Waals surface area contributed by atoms with Crippen LogP contribution in [0.2, 0.25) is 5.02 Å². The lowest BCUT2D eigenvalue weighted by molar-refractivity contribution is 0.585. The Kier molecular flexibility index (Phi) is 3.01. The van der Waals surface area contributed by atoms with Crippen LogP contribution in [0.4, 0.5) is 20.3 Å². The van der Waals surface area contributed by atoms with Crippen molar-refractivity contribution in [2.75, 3.05) is 5.32 Å². The topological polar surface area (TPSA) is 24.9 Å². The molecule has 0 aliphatic rings. The first-order chi connectivity index (χ1) is 7.65. The van der Waals surface area contributed by atoms with Gasteiger partial charge < -0.3 is 5.32 Å². The van der Waals surface area contributed by atoms with Gasteiger partial charge in [-0.05, 0) is 30.3 Å². The van der Waals surface area contributed by atoms with Crippen molar-refractivity contribution in [3.8, 4) is 0 Å². The van der Waals surface area contributed by atoms with Crippen LogP contribution in [0.5, 0.6) is 0 Å². The summed E-state index contributed by atoms with van der Waals surface area (Å²) in [4.78, 5) is 3.58. The van der Waals surface area contributed by atoms with E-state index in [9.17, 15) is 8.78 Å². The van der Waals surface area contributed by atoms with E-state index in [-0.39, 0.29) is 5.82 Å². The van der Waals surface area contributed by atoms with E-state index >= 15 is 0 Å². The maximum atomic E-state index is 12.9. The van der Waals surface area contributed by atoms with E-state index in [0.717, 1.165) is 0 Å². The fourth-order valence-electron chi connectivity index (χ4n) is 1.21. The lowest BCUT2D eigenvalue weighted by Gasteiger charge is -2.07. The van der Waals surface area contributed by atoms with Gasteiger partial charge in [0.15, 0.2) is 0 Å². The maximum absolute atomic E-state index is 12.9. The van der Waals surface area contributed by atoms with Crippen molar-refractivity contribution in [1.82, 2.24) is 4.98 Å². The molecule has 1 N–H and O–H groups in total. The highest BCUT2D eigenvalue weighted by atomic mass is 35.5. The molecule has 0 amide bonds. The van der Waals surface area contributed by atoms with Crippen molar-refractivity contribution >= 4 is 23.1 Å². The molecule has 1 heterocycles. The highest BCUT2D eigenvalue weighted by Gasteiger charge is 2.03. The van der Waals surface area contributed by atoms with Gasteiger partial charge in [-0.1, -0.05) is 17.7 Å². The van der Waals surface area contributed by atoms with E-state index in [0.29, 0.717) is 10.7 Å². The lowest BCUT2D eigenvalue weighted by atomic mass is 10.3. The van der Waals surface area contributed by atoms with Gasteiger partial charge in [-0.15, -0.1) is 0 Å². The molecule has 2 aromatic rings. The third kappa shape index (κ3) is 2.46. The van der Waals surface area contributed by atoms with Crippen LogP contribution < -0.4 is 5.32 Å². The Balaban J connectivity index is 2.30. The second-order valence-electron chi connectivity index (χ2n) is 3.09. The average Bonchev–Trinajstić information content (AvgIpc) is 2.24. The van der Waals surface area contributed by atoms with Crippen molar-refractivity contribution < 1.29 is 8.78 Å². The molecule has 2 rings (SSSR count). The number of nitrogens with one attached hydrogen (secondary N) is 1. The van der Waals surface area contributed by atoms with Gasteiger partial charge in [0.1, 0.15) is 11.6 Å². The summed E-state index contributed by atoms with van der Waals surface area (Å²) in [6.45, 7) is 0. The van der Waals surface area contributed by atoms with Gasteiger partial charge in [-0.3, -0.25) is 0 Å². The normalized spacial score (nSPS) is 10.2. The van der Waals surface area contributed by atoms with Crippen molar-refractivity contribution in [3.05, 3.63) is 53.2 Å². The molecule has 2 nitrogen and oxygen atoms in total. The largest absolute Gasteiger partial charge is 0.339 e. The summed E-state index contributed by atoms with van der Waals surface area (Å²) in [5.41, 5.74) is 0.347. The van der Waals surface area contributed by atoms with E-state index in [4.69, 9.17) is 11.6 Å². The minimum Gasteiger partial charge on any atom is -0.339 e. The summed E-state index contributed by atoms with van der Waals surface area (Å²) in [6.07, 6.45) is 0. The first-order valence-corrected chi connectivity index (χ1v) is 4.87. The summed E-state index contributed by atoms with van der Waals surface area (Å²) >= 11 is 5.84. The molecule has 0 aliphatic heterocycles. The van der Waals surface area contributed by atoms with Crippen LogP contribution in [-0.2, 0) is 0 Å². The van der Waals surface area contributed by atoms with Crippen LogP contribution in [0.3, 0.4) is 0 Å². The first kappa shape index (κ1) is 10.8. The molecule has 1 aromatic heterocycles. The molecule has 0 aliphatic carbocycles. The minimum atomic E-state index is -0.613. The van der Waals surface area contributed by atoms with Gasteiger partial charge in [0, 0.05) is 0 Å². The SMILES string of the molecule is Fc1ccc(Cl)c(Nc2cccc(F)n2)c1. The molecular formula is C11H7ClF2N2. The lowest BCUT2D eigenvalue weighted by Crippen LogP contribution is -1.96. The van der Waals surface area contributed by atoms with Crippen LogP contribution in [0.15, 0.2) is 36.4 Å². The predicted octanol–water partition coefficient (Wildman–Crippen LogP) is 3.76. The van der Waals surface area contributed by atoms with Crippen molar-refractivity contribution in [1.29, 1.82) is 0 Å². The third-order valence-corrected chi connectivity index (χ3v) is 2.24. The fourth-order valence-corrected chi connectivity index (χ4v) is 1.37. The number of hydrogen-bond acceptors (Lipinski definition) is 2. The Morgan fingerprint density at radius 3 is 2.69 bits per heavy atom. The monoisotopic (exact) mass is 240 g/mol. The second-order valence-corrected chi connectivity index (χ2v) is 3.50. The Morgan fingerprint density at radius 1 is 1.12 bits per heavy atom. The zero-order valence-electron chi connectivity index (χ0n) is 8.05. The van der Waals surface area contributed by atoms with E-state index in [1.165, 1.54) is 30.3 Å². The zero-order chi connectivity index (χ0) is 11.5. The molecule has 0 saturated heterocycles. The van der Waals surface area contributed by atoms with E-state index in [1.807, 2.05) is 0 Å². The van der Waals surface area contributed by atoms with Gasteiger partial charge in [0.25, 0.3) is 0 Å². The Morgan fingerprint density at radius 2 is 1.94 bits per heavy atom. The van der Waals surface area contributed by atoms with E-state index in [2.05, 4.69) is 10.3 Å². The molecular weight excluding hydrogens is 234 g/mol. The van der Waals surface area contributed by atoms with Gasteiger partial charge >= 0.3 is 0 Å². The number of halogens is 3. The molecule has 5 heteroatoms. The fraction of sp³-hybridized carbons (Fsp3) is 0. The van der Waals surface area contributed by atoms with Crippen molar-refractivity contribution in [3.63, 3.8) is 0 Å². The summed E-state index contributed by atoms with van der Waals surface area (Å²) < 4.78 is 25.7. The Labute approximate surface area is 95.9 Å². The third-order valence-electron chi connectivity index (χ3n) is 1.91. The van der Waals surface area contributed by atoms with Gasteiger partial charge in [0.2, 0.25) is 5.95 Å². The molecule has 0 saturated carbocycles. The first-order valence-electron chi connectivity index (χ1n) is 4.50. The number of aromatic nitrogens is 1. The van der Waals surface area contributed by atoms with Crippen molar-refractivity contribution in [2.45, 2.75) is 0 Å². The van der Waals surface area contributed by atoms with Crippen LogP contribution in [0.25, 0.3) is 0 Å². The van der Waals surface area contributed by atoms with Gasteiger partial charge in [-0.2, -0.15) is 4.39 Å². The number of anilines is 2. The Bertz CT molecular complexity index is 517. The molecule has 0 bridgehead atoms. The van der Waals surface area contributed by atoms with Gasteiger partial charge in [-0.25, -0.2) is 9.37 Å². The number of hydrogen-bond donors (Lipinski definition) is 1. The minimum absolute atomic E-state index is 0.271. The highest BCUT2D eigenvalue weighted by molar-refractivity contribution is 6.33. The highest BCUT2D eigenvalue weighted by Crippen LogP contribution is 2.25. The summed E-state index contributed by atoms with van der Waals surface area (Å²) in [6, 6.07) is 8.15. The smallest absolute Gasteiger partial charge is 0.214 e. The molecule has 82 valence electrons. The zero-order valence-corrected chi connectivity index (χ0v) is 8.80. The molecule has 0 unspecified atom stereocenters. The van der Waals surface area contributed by atoms with Crippen LogP contribution in [0, 0.1) is 11.8 Å². The van der Waals surface area contributed by atoms with Crippen molar-refractivity contribution in [2.24, 2.45) is 0 Å². The summed E-state index contributed by atoms with van der Waals surface area (Å²) in [5.74, 6) is -0.770. The molecule has 0 radical (unpaired) electrons. The van der Waals surface area contributed by atoms with E-state index in [1.54, 1.807) is 6.07 Å². The number of benzene rings is 1. The van der Waals surface area contributed by atoms with Crippen LogP contribution in [0.1, 0.15) is 0 Å². The molecule has 1 aromatic carbocycles. The average molecular weight is 241 g/mol. The quantitative estimate of drug-likeness (QED) is 0.809. The predicted molar refractivity (Wildman–Crippen MR) is 58.9 cm³/mol. The second kappa shape index (κ2) is 4.45.